The zero-order chi connectivity index (χ0) is 24.9. The molecule has 1 amide bonds. The van der Waals surface area contributed by atoms with Crippen LogP contribution in [0.25, 0.3) is 0 Å². The molecule has 0 fully saturated rings. The third-order valence-corrected chi connectivity index (χ3v) is 5.40. The van der Waals surface area contributed by atoms with Crippen LogP contribution in [0.5, 0.6) is 5.75 Å². The van der Waals surface area contributed by atoms with Crippen molar-refractivity contribution in [2.24, 2.45) is 10.4 Å². The fourth-order valence-corrected chi connectivity index (χ4v) is 3.77. The van der Waals surface area contributed by atoms with Gasteiger partial charge in [0.1, 0.15) is 11.8 Å². The van der Waals surface area contributed by atoms with E-state index in [2.05, 4.69) is 39.8 Å². The average Bonchev–Trinajstić information content (AvgIpc) is 2.88. The molecule has 4 nitrogen and oxygen atoms in total. The first-order chi connectivity index (χ1) is 16.0. The molecule has 0 spiro atoms. The minimum atomic E-state index is -0.504. The second-order valence-corrected chi connectivity index (χ2v) is 10.6. The molecular weight excluding hydrogens is 444 g/mol. The molecule has 0 saturated carbocycles. The van der Waals surface area contributed by atoms with E-state index in [9.17, 15) is 9.90 Å². The van der Waals surface area contributed by atoms with Gasteiger partial charge in [0.15, 0.2) is 0 Å². The topological polar surface area (TPSA) is 52.9 Å². The highest BCUT2D eigenvalue weighted by Crippen LogP contribution is 2.31. The molecule has 5 heteroatoms. The number of halogens is 1. The molecule has 1 aliphatic rings. The molecule has 0 aromatic heterocycles. The Labute approximate surface area is 207 Å². The second-order valence-electron chi connectivity index (χ2n) is 10.1. The van der Waals surface area contributed by atoms with Crippen LogP contribution in [0.15, 0.2) is 77.8 Å². The summed E-state index contributed by atoms with van der Waals surface area (Å²) in [6.45, 7) is 8.75. The molecule has 4 rings (SSSR count). The van der Waals surface area contributed by atoms with Crippen molar-refractivity contribution in [1.82, 2.24) is 0 Å². The van der Waals surface area contributed by atoms with Crippen LogP contribution in [-0.4, -0.2) is 29.8 Å². The first-order valence-corrected chi connectivity index (χ1v) is 11.9. The van der Waals surface area contributed by atoms with Crippen LogP contribution >= 0.6 is 11.6 Å². The minimum absolute atomic E-state index is 0.0433. The number of nitrogens with zero attached hydrogens (tertiary/aromatic N) is 2. The summed E-state index contributed by atoms with van der Waals surface area (Å²) in [4.78, 5) is 19.7. The van der Waals surface area contributed by atoms with Crippen LogP contribution in [0.3, 0.4) is 0 Å². The van der Waals surface area contributed by atoms with Gasteiger partial charge in [0, 0.05) is 23.2 Å². The number of fused-ring (bicyclic) bond motifs is 1. The van der Waals surface area contributed by atoms with Crippen molar-refractivity contribution in [3.8, 4) is 5.75 Å². The first kappa shape index (κ1) is 25.5. The number of aromatic hydroxyl groups is 1. The van der Waals surface area contributed by atoms with E-state index in [1.165, 1.54) is 5.56 Å². The molecular formula is C29H33ClN2O2. The highest BCUT2D eigenvalue weighted by Gasteiger charge is 2.30. The Balaban J connectivity index is 0.000000588. The van der Waals surface area contributed by atoms with Gasteiger partial charge < -0.3 is 10.0 Å². The highest BCUT2D eigenvalue weighted by atomic mass is 35.5. The molecule has 3 aromatic rings. The summed E-state index contributed by atoms with van der Waals surface area (Å²) >= 11 is 6.27. The second kappa shape index (κ2) is 10.9. The molecule has 1 heterocycles. The van der Waals surface area contributed by atoms with Gasteiger partial charge in [-0.2, -0.15) is 0 Å². The number of anilines is 1. The SMILES string of the molecule is CC(C)(C)C.CN1C(=O)C(CCc2ccccc2)N=C(c2ccc(O)cc2)c2cc(Cl)ccc21. The number of carbonyl (C=O) groups excluding carboxylic acids is 1. The molecule has 0 saturated heterocycles. The molecule has 1 atom stereocenters. The van der Waals surface area contributed by atoms with Crippen molar-refractivity contribution in [3.63, 3.8) is 0 Å². The standard InChI is InChI=1S/C24H21ClN2O2.C5H12/c1-27-22-14-10-18(25)15-20(22)23(17-8-11-19(28)12-9-17)26-21(24(27)29)13-7-16-5-3-2-4-6-16;1-5(2,3)4/h2-6,8-12,14-15,21,28H,7,13H2,1H3;1-4H3. The lowest BCUT2D eigenvalue weighted by Gasteiger charge is -2.20. The van der Waals surface area contributed by atoms with Crippen LogP contribution in [0.4, 0.5) is 5.69 Å². The molecule has 178 valence electrons. The smallest absolute Gasteiger partial charge is 0.251 e. The van der Waals surface area contributed by atoms with Crippen LogP contribution in [-0.2, 0) is 11.2 Å². The van der Waals surface area contributed by atoms with Crippen molar-refractivity contribution in [2.75, 3.05) is 11.9 Å². The lowest BCUT2D eigenvalue weighted by atomic mass is 10.00. The van der Waals surface area contributed by atoms with Gasteiger partial charge in [0.2, 0.25) is 0 Å². The number of hydrogen-bond donors (Lipinski definition) is 1. The van der Waals surface area contributed by atoms with Crippen molar-refractivity contribution in [2.45, 2.75) is 46.6 Å². The van der Waals surface area contributed by atoms with E-state index in [1.54, 1.807) is 30.1 Å². The van der Waals surface area contributed by atoms with Gasteiger partial charge in [-0.25, -0.2) is 0 Å². The summed E-state index contributed by atoms with van der Waals surface area (Å²) in [5, 5.41) is 10.3. The number of aryl methyl sites for hydroxylation is 1. The van der Waals surface area contributed by atoms with Gasteiger partial charge in [0.05, 0.1) is 11.4 Å². The van der Waals surface area contributed by atoms with Crippen LogP contribution in [0, 0.1) is 5.41 Å². The van der Waals surface area contributed by atoms with Gasteiger partial charge in [-0.05, 0) is 66.3 Å². The van der Waals surface area contributed by atoms with E-state index in [0.717, 1.165) is 23.2 Å². The number of amides is 1. The molecule has 0 bridgehead atoms. The highest BCUT2D eigenvalue weighted by molar-refractivity contribution is 6.32. The van der Waals surface area contributed by atoms with E-state index in [0.29, 0.717) is 22.6 Å². The van der Waals surface area contributed by atoms with Crippen molar-refractivity contribution in [3.05, 3.63) is 94.5 Å². The van der Waals surface area contributed by atoms with Gasteiger partial charge in [-0.1, -0.05) is 69.6 Å². The number of likely N-dealkylation sites (N-methyl/N-ethyl adjacent to an activating group) is 1. The molecule has 1 aliphatic heterocycles. The van der Waals surface area contributed by atoms with Crippen LogP contribution < -0.4 is 4.90 Å². The number of hydrogen-bond acceptors (Lipinski definition) is 3. The number of carbonyl (C=O) groups is 1. The third kappa shape index (κ3) is 6.94. The Kier molecular flexibility index (Phi) is 8.16. The summed E-state index contributed by atoms with van der Waals surface area (Å²) in [7, 11) is 1.78. The van der Waals surface area contributed by atoms with E-state index in [-0.39, 0.29) is 11.7 Å². The summed E-state index contributed by atoms with van der Waals surface area (Å²) in [6, 6.07) is 21.9. The molecule has 3 aromatic carbocycles. The minimum Gasteiger partial charge on any atom is -0.508 e. The number of aliphatic imine (C=N–C) groups is 1. The zero-order valence-corrected chi connectivity index (χ0v) is 21.3. The van der Waals surface area contributed by atoms with Gasteiger partial charge in [-0.15, -0.1) is 0 Å². The van der Waals surface area contributed by atoms with Crippen LogP contribution in [0.2, 0.25) is 5.02 Å². The number of phenolic OH excluding ortho intramolecular Hbond substituents is 1. The summed E-state index contributed by atoms with van der Waals surface area (Å²) in [5.41, 5.74) is 4.79. The quantitative estimate of drug-likeness (QED) is 0.444. The van der Waals surface area contributed by atoms with Gasteiger partial charge >= 0.3 is 0 Å². The number of benzodiazepines with no additional fused rings is 1. The summed E-state index contributed by atoms with van der Waals surface area (Å²) in [6.07, 6.45) is 1.37. The molecule has 0 aliphatic carbocycles. The molecule has 34 heavy (non-hydrogen) atoms. The Hall–Kier alpha value is -3.11. The predicted octanol–water partition coefficient (Wildman–Crippen LogP) is 6.91. The van der Waals surface area contributed by atoms with Crippen molar-refractivity contribution < 1.29 is 9.90 Å². The summed E-state index contributed by atoms with van der Waals surface area (Å²) in [5.74, 6) is 0.140. The monoisotopic (exact) mass is 476 g/mol. The van der Waals surface area contributed by atoms with E-state index in [4.69, 9.17) is 16.6 Å². The number of rotatable bonds is 4. The summed E-state index contributed by atoms with van der Waals surface area (Å²) < 4.78 is 0. The Morgan fingerprint density at radius 2 is 1.59 bits per heavy atom. The van der Waals surface area contributed by atoms with Crippen LogP contribution in [0.1, 0.15) is 50.8 Å². The van der Waals surface area contributed by atoms with Gasteiger partial charge in [-0.3, -0.25) is 9.79 Å². The largest absolute Gasteiger partial charge is 0.508 e. The lowest BCUT2D eigenvalue weighted by molar-refractivity contribution is -0.119. The van der Waals surface area contributed by atoms with E-state index in [1.807, 2.05) is 42.5 Å². The fourth-order valence-electron chi connectivity index (χ4n) is 3.60. The maximum atomic E-state index is 13.2. The fraction of sp³-hybridized carbons (Fsp3) is 0.310. The Morgan fingerprint density at radius 3 is 2.21 bits per heavy atom. The number of benzene rings is 3. The Bertz CT molecular complexity index is 1140. The van der Waals surface area contributed by atoms with E-state index < -0.39 is 6.04 Å². The first-order valence-electron chi connectivity index (χ1n) is 11.5. The zero-order valence-electron chi connectivity index (χ0n) is 20.5. The lowest BCUT2D eigenvalue weighted by Crippen LogP contribution is -2.35. The maximum absolute atomic E-state index is 13.2. The maximum Gasteiger partial charge on any atom is 0.251 e. The predicted molar refractivity (Wildman–Crippen MR) is 142 cm³/mol. The molecule has 1 N–H and O–H groups in total. The average molecular weight is 477 g/mol. The van der Waals surface area contributed by atoms with Gasteiger partial charge in [0.25, 0.3) is 5.91 Å². The third-order valence-electron chi connectivity index (χ3n) is 5.17. The molecule has 0 radical (unpaired) electrons. The number of phenols is 1. The van der Waals surface area contributed by atoms with Crippen molar-refractivity contribution in [1.29, 1.82) is 0 Å². The Morgan fingerprint density at radius 1 is 0.971 bits per heavy atom. The molecule has 1 unspecified atom stereocenters. The van der Waals surface area contributed by atoms with Crippen molar-refractivity contribution >= 4 is 28.9 Å². The normalized spacial score (nSPS) is 15.6. The van der Waals surface area contributed by atoms with E-state index >= 15 is 0 Å².